The quantitative estimate of drug-likeness (QED) is 0.663. The first-order valence-electron chi connectivity index (χ1n) is 11.0. The Kier molecular flexibility index (Phi) is 6.02. The highest BCUT2D eigenvalue weighted by molar-refractivity contribution is 6.00. The van der Waals surface area contributed by atoms with E-state index in [0.29, 0.717) is 18.5 Å². The van der Waals surface area contributed by atoms with Crippen LogP contribution in [0.3, 0.4) is 0 Å². The number of benzene rings is 2. The molecule has 2 aliphatic rings. The molecule has 2 aliphatic heterocycles. The lowest BCUT2D eigenvalue weighted by molar-refractivity contribution is -0.121. The molecule has 2 saturated heterocycles. The number of likely N-dealkylation sites (tertiary alicyclic amines) is 1. The van der Waals surface area contributed by atoms with Crippen LogP contribution in [0.25, 0.3) is 0 Å². The molecule has 0 aliphatic carbocycles. The highest BCUT2D eigenvalue weighted by Gasteiger charge is 2.54. The number of ether oxygens (including phenoxy) is 1. The van der Waals surface area contributed by atoms with Gasteiger partial charge in [-0.1, -0.05) is 18.2 Å². The SMILES string of the molecule is CC(C)Oc1cccc(CN2CCC3(CC(F)C(=O)N3c3cccc(F)c3)CC2C)c1. The molecular formula is C25H30F2N2O2. The lowest BCUT2D eigenvalue weighted by atomic mass is 9.80. The summed E-state index contributed by atoms with van der Waals surface area (Å²) in [6.07, 6.45) is 0.0523. The number of nitrogens with zero attached hydrogens (tertiary/aromatic N) is 2. The van der Waals surface area contributed by atoms with E-state index in [0.717, 1.165) is 24.4 Å². The molecule has 3 unspecified atom stereocenters. The molecule has 0 bridgehead atoms. The van der Waals surface area contributed by atoms with Gasteiger partial charge in [-0.25, -0.2) is 8.78 Å². The van der Waals surface area contributed by atoms with Gasteiger partial charge in [-0.05, 0) is 69.5 Å². The molecule has 4 nitrogen and oxygen atoms in total. The maximum atomic E-state index is 14.6. The van der Waals surface area contributed by atoms with Gasteiger partial charge in [0.15, 0.2) is 6.17 Å². The highest BCUT2D eigenvalue weighted by atomic mass is 19.1. The van der Waals surface area contributed by atoms with Crippen molar-refractivity contribution in [1.82, 2.24) is 4.90 Å². The third-order valence-corrected chi connectivity index (χ3v) is 6.41. The summed E-state index contributed by atoms with van der Waals surface area (Å²) < 4.78 is 34.2. The number of hydrogen-bond acceptors (Lipinski definition) is 3. The average Bonchev–Trinajstić information content (AvgIpc) is 2.93. The summed E-state index contributed by atoms with van der Waals surface area (Å²) in [6.45, 7) is 7.63. The molecule has 1 amide bonds. The van der Waals surface area contributed by atoms with E-state index in [9.17, 15) is 13.6 Å². The summed E-state index contributed by atoms with van der Waals surface area (Å²) in [5.74, 6) is -0.117. The summed E-state index contributed by atoms with van der Waals surface area (Å²) in [4.78, 5) is 16.6. The molecule has 3 atom stereocenters. The van der Waals surface area contributed by atoms with Crippen LogP contribution in [0.5, 0.6) is 5.75 Å². The monoisotopic (exact) mass is 428 g/mol. The van der Waals surface area contributed by atoms with Gasteiger partial charge in [0.25, 0.3) is 5.91 Å². The maximum absolute atomic E-state index is 14.6. The van der Waals surface area contributed by atoms with Crippen LogP contribution >= 0.6 is 0 Å². The van der Waals surface area contributed by atoms with Gasteiger partial charge in [0.2, 0.25) is 0 Å². The van der Waals surface area contributed by atoms with Gasteiger partial charge >= 0.3 is 0 Å². The molecule has 6 heteroatoms. The molecular weight excluding hydrogens is 398 g/mol. The van der Waals surface area contributed by atoms with E-state index in [1.54, 1.807) is 12.1 Å². The van der Waals surface area contributed by atoms with Crippen LogP contribution in [0, 0.1) is 5.82 Å². The number of alkyl halides is 1. The molecule has 1 spiro atoms. The van der Waals surface area contributed by atoms with Crippen molar-refractivity contribution in [3.8, 4) is 5.75 Å². The minimum absolute atomic E-state index is 0.117. The summed E-state index contributed by atoms with van der Waals surface area (Å²) in [6, 6.07) is 14.2. The maximum Gasteiger partial charge on any atom is 0.262 e. The fourth-order valence-electron chi connectivity index (χ4n) is 5.10. The van der Waals surface area contributed by atoms with E-state index in [2.05, 4.69) is 24.0 Å². The van der Waals surface area contributed by atoms with E-state index in [-0.39, 0.29) is 18.6 Å². The van der Waals surface area contributed by atoms with Gasteiger partial charge in [-0.3, -0.25) is 9.69 Å². The first-order valence-corrected chi connectivity index (χ1v) is 11.0. The van der Waals surface area contributed by atoms with Crippen molar-refractivity contribution in [2.75, 3.05) is 11.4 Å². The largest absolute Gasteiger partial charge is 0.491 e. The Morgan fingerprint density at radius 1 is 1.16 bits per heavy atom. The van der Waals surface area contributed by atoms with Gasteiger partial charge in [-0.15, -0.1) is 0 Å². The van der Waals surface area contributed by atoms with Crippen molar-refractivity contribution in [2.45, 2.75) is 70.4 Å². The molecule has 31 heavy (non-hydrogen) atoms. The second kappa shape index (κ2) is 8.58. The highest BCUT2D eigenvalue weighted by Crippen LogP contribution is 2.45. The summed E-state index contributed by atoms with van der Waals surface area (Å²) in [7, 11) is 0. The number of anilines is 1. The molecule has 0 N–H and O–H groups in total. The lowest BCUT2D eigenvalue weighted by Crippen LogP contribution is -2.56. The fourth-order valence-corrected chi connectivity index (χ4v) is 5.10. The Morgan fingerprint density at radius 2 is 1.94 bits per heavy atom. The van der Waals surface area contributed by atoms with Crippen molar-refractivity contribution < 1.29 is 18.3 Å². The van der Waals surface area contributed by atoms with E-state index < -0.39 is 23.4 Å². The minimum Gasteiger partial charge on any atom is -0.491 e. The zero-order chi connectivity index (χ0) is 22.2. The predicted octanol–water partition coefficient (Wildman–Crippen LogP) is 5.11. The van der Waals surface area contributed by atoms with Crippen molar-refractivity contribution in [3.05, 3.63) is 59.9 Å². The van der Waals surface area contributed by atoms with E-state index in [1.807, 2.05) is 26.0 Å². The second-order valence-electron chi connectivity index (χ2n) is 9.14. The number of rotatable bonds is 5. The number of piperidine rings is 1. The molecule has 0 radical (unpaired) electrons. The molecule has 0 aromatic heterocycles. The third-order valence-electron chi connectivity index (χ3n) is 6.41. The fraction of sp³-hybridized carbons (Fsp3) is 0.480. The zero-order valence-electron chi connectivity index (χ0n) is 18.4. The van der Waals surface area contributed by atoms with Crippen LogP contribution in [0.4, 0.5) is 14.5 Å². The van der Waals surface area contributed by atoms with Crippen molar-refractivity contribution in [1.29, 1.82) is 0 Å². The van der Waals surface area contributed by atoms with Gasteiger partial charge in [0.1, 0.15) is 11.6 Å². The molecule has 2 aromatic rings. The smallest absolute Gasteiger partial charge is 0.262 e. The summed E-state index contributed by atoms with van der Waals surface area (Å²) in [5.41, 5.74) is 1.00. The number of amides is 1. The Balaban J connectivity index is 1.52. The molecule has 2 fully saturated rings. The van der Waals surface area contributed by atoms with Crippen LogP contribution < -0.4 is 9.64 Å². The van der Waals surface area contributed by atoms with Crippen LogP contribution in [0.1, 0.15) is 45.6 Å². The Labute approximate surface area is 182 Å². The summed E-state index contributed by atoms with van der Waals surface area (Å²) in [5, 5.41) is 0. The number of carbonyl (C=O) groups is 1. The van der Waals surface area contributed by atoms with Gasteiger partial charge in [0, 0.05) is 31.2 Å². The van der Waals surface area contributed by atoms with Gasteiger partial charge in [-0.2, -0.15) is 0 Å². The normalized spacial score (nSPS) is 26.8. The molecule has 2 aromatic carbocycles. The Bertz CT molecular complexity index is 951. The molecule has 2 heterocycles. The first-order chi connectivity index (χ1) is 14.8. The zero-order valence-corrected chi connectivity index (χ0v) is 18.4. The van der Waals surface area contributed by atoms with Crippen LogP contribution in [0.15, 0.2) is 48.5 Å². The van der Waals surface area contributed by atoms with Gasteiger partial charge < -0.3 is 9.64 Å². The van der Waals surface area contributed by atoms with Gasteiger partial charge in [0.05, 0.1) is 11.6 Å². The third kappa shape index (κ3) is 4.45. The van der Waals surface area contributed by atoms with Crippen LogP contribution in [-0.4, -0.2) is 41.2 Å². The molecule has 0 saturated carbocycles. The number of hydrogen-bond donors (Lipinski definition) is 0. The second-order valence-corrected chi connectivity index (χ2v) is 9.14. The van der Waals surface area contributed by atoms with Crippen molar-refractivity contribution >= 4 is 11.6 Å². The Hall–Kier alpha value is -2.47. The molecule has 4 rings (SSSR count). The summed E-state index contributed by atoms with van der Waals surface area (Å²) >= 11 is 0. The van der Waals surface area contributed by atoms with Crippen LogP contribution in [0.2, 0.25) is 0 Å². The number of carbonyl (C=O) groups excluding carboxylic acids is 1. The predicted molar refractivity (Wildman–Crippen MR) is 117 cm³/mol. The molecule has 166 valence electrons. The lowest BCUT2D eigenvalue weighted by Gasteiger charge is -2.48. The minimum atomic E-state index is -1.54. The van der Waals surface area contributed by atoms with E-state index >= 15 is 0 Å². The average molecular weight is 429 g/mol. The van der Waals surface area contributed by atoms with Crippen molar-refractivity contribution in [3.63, 3.8) is 0 Å². The van der Waals surface area contributed by atoms with E-state index in [4.69, 9.17) is 4.74 Å². The standard InChI is InChI=1S/C25H30F2N2O2/c1-17(2)31-22-9-4-6-19(12-22)16-28-11-10-25(14-18(28)3)15-23(27)24(30)29(25)21-8-5-7-20(26)13-21/h4-9,12-13,17-18,23H,10-11,14-16H2,1-3H3. The Morgan fingerprint density at radius 3 is 2.65 bits per heavy atom. The van der Waals surface area contributed by atoms with Crippen LogP contribution in [-0.2, 0) is 11.3 Å². The number of halogens is 2. The first kappa shape index (κ1) is 21.8. The van der Waals surface area contributed by atoms with Crippen molar-refractivity contribution in [2.24, 2.45) is 0 Å². The van der Waals surface area contributed by atoms with E-state index in [1.165, 1.54) is 17.0 Å². The topological polar surface area (TPSA) is 32.8 Å².